The molecule has 1 fully saturated rings. The van der Waals surface area contributed by atoms with Gasteiger partial charge in [-0.3, -0.25) is 9.69 Å². The minimum absolute atomic E-state index is 0.145. The Labute approximate surface area is 136 Å². The zero-order valence-corrected chi connectivity index (χ0v) is 13.4. The molecule has 3 rings (SSSR count). The maximum absolute atomic E-state index is 12.2. The van der Waals surface area contributed by atoms with Crippen molar-refractivity contribution in [3.8, 4) is 0 Å². The number of aryl methyl sites for hydroxylation is 1. The Bertz CT molecular complexity index is 744. The predicted octanol–water partition coefficient (Wildman–Crippen LogP) is 3.49. The summed E-state index contributed by atoms with van der Waals surface area (Å²) in [5, 5.41) is 5.97. The fourth-order valence-electron chi connectivity index (χ4n) is 2.24. The third-order valence-corrected chi connectivity index (χ3v) is 4.66. The third kappa shape index (κ3) is 2.93. The van der Waals surface area contributed by atoms with Gasteiger partial charge in [-0.25, -0.2) is 4.79 Å². The molecule has 0 unspecified atom stereocenters. The van der Waals surface area contributed by atoms with E-state index in [0.29, 0.717) is 34.4 Å². The highest BCUT2D eigenvalue weighted by Crippen LogP contribution is 2.29. The van der Waals surface area contributed by atoms with Crippen molar-refractivity contribution >= 4 is 46.3 Å². The molecule has 2 heterocycles. The number of carbonyl (C=O) groups excluding carboxylic acids is 2. The van der Waals surface area contributed by atoms with Crippen LogP contribution in [0.2, 0.25) is 5.02 Å². The second-order valence-corrected chi connectivity index (χ2v) is 6.61. The summed E-state index contributed by atoms with van der Waals surface area (Å²) in [5.74, 6) is -0.206. The first kappa shape index (κ1) is 14.9. The number of anilines is 2. The Morgan fingerprint density at radius 2 is 2.18 bits per heavy atom. The standard InChI is InChI=1S/C15H14ClN3O2S/c1-9-2-5-13(22-9)14(20)18-12-8-10(3-4-11(12)16)19-7-6-17-15(19)21/h2-5,8H,6-7H2,1H3,(H,17,21)(H,18,20). The highest BCUT2D eigenvalue weighted by Gasteiger charge is 2.22. The second-order valence-electron chi connectivity index (χ2n) is 4.91. The molecule has 114 valence electrons. The van der Waals surface area contributed by atoms with Gasteiger partial charge in [0.05, 0.1) is 15.6 Å². The smallest absolute Gasteiger partial charge is 0.321 e. The van der Waals surface area contributed by atoms with Crippen LogP contribution < -0.4 is 15.5 Å². The molecule has 0 spiro atoms. The SMILES string of the molecule is Cc1ccc(C(=O)Nc2cc(N3CCNC3=O)ccc2Cl)s1. The zero-order valence-electron chi connectivity index (χ0n) is 11.9. The van der Waals surface area contributed by atoms with Gasteiger partial charge in [0.2, 0.25) is 0 Å². The number of thiophene rings is 1. The maximum Gasteiger partial charge on any atom is 0.321 e. The van der Waals surface area contributed by atoms with E-state index in [0.717, 1.165) is 4.88 Å². The van der Waals surface area contributed by atoms with Crippen LogP contribution in [0.1, 0.15) is 14.5 Å². The molecule has 1 aliphatic heterocycles. The van der Waals surface area contributed by atoms with Gasteiger partial charge in [-0.2, -0.15) is 0 Å². The number of benzene rings is 1. The van der Waals surface area contributed by atoms with Crippen LogP contribution in [0.5, 0.6) is 0 Å². The van der Waals surface area contributed by atoms with Crippen molar-refractivity contribution < 1.29 is 9.59 Å². The number of carbonyl (C=O) groups is 2. The summed E-state index contributed by atoms with van der Waals surface area (Å²) in [4.78, 5) is 27.2. The van der Waals surface area contributed by atoms with Crippen LogP contribution in [0.4, 0.5) is 16.2 Å². The average molecular weight is 336 g/mol. The lowest BCUT2D eigenvalue weighted by atomic mass is 10.2. The highest BCUT2D eigenvalue weighted by molar-refractivity contribution is 7.14. The quantitative estimate of drug-likeness (QED) is 0.902. The minimum Gasteiger partial charge on any atom is -0.336 e. The number of urea groups is 1. The number of amides is 3. The molecule has 5 nitrogen and oxygen atoms in total. The molecule has 0 aliphatic carbocycles. The van der Waals surface area contributed by atoms with E-state index in [1.54, 1.807) is 29.2 Å². The molecule has 2 N–H and O–H groups in total. The van der Waals surface area contributed by atoms with Gasteiger partial charge in [-0.05, 0) is 37.3 Å². The van der Waals surface area contributed by atoms with Gasteiger partial charge < -0.3 is 10.6 Å². The van der Waals surface area contributed by atoms with Crippen molar-refractivity contribution in [3.05, 3.63) is 45.1 Å². The van der Waals surface area contributed by atoms with E-state index in [4.69, 9.17) is 11.6 Å². The largest absolute Gasteiger partial charge is 0.336 e. The number of nitrogens with zero attached hydrogens (tertiary/aromatic N) is 1. The van der Waals surface area contributed by atoms with E-state index < -0.39 is 0 Å². The molecule has 1 aliphatic rings. The number of hydrogen-bond donors (Lipinski definition) is 2. The Morgan fingerprint density at radius 3 is 2.82 bits per heavy atom. The van der Waals surface area contributed by atoms with Gasteiger partial charge in [-0.15, -0.1) is 11.3 Å². The molecule has 0 saturated carbocycles. The van der Waals surface area contributed by atoms with Gasteiger partial charge in [0, 0.05) is 23.7 Å². The van der Waals surface area contributed by atoms with Crippen molar-refractivity contribution in [2.24, 2.45) is 0 Å². The van der Waals surface area contributed by atoms with Crippen molar-refractivity contribution in [3.63, 3.8) is 0 Å². The van der Waals surface area contributed by atoms with Crippen LogP contribution in [-0.2, 0) is 0 Å². The predicted molar refractivity (Wildman–Crippen MR) is 89.2 cm³/mol. The van der Waals surface area contributed by atoms with Crippen molar-refractivity contribution in [1.82, 2.24) is 5.32 Å². The number of halogens is 1. The Hall–Kier alpha value is -2.05. The number of hydrogen-bond acceptors (Lipinski definition) is 3. The topological polar surface area (TPSA) is 61.4 Å². The van der Waals surface area contributed by atoms with E-state index in [9.17, 15) is 9.59 Å². The van der Waals surface area contributed by atoms with Crippen LogP contribution in [-0.4, -0.2) is 25.0 Å². The molecule has 2 aromatic rings. The van der Waals surface area contributed by atoms with Crippen LogP contribution >= 0.6 is 22.9 Å². The van der Waals surface area contributed by atoms with Gasteiger partial charge >= 0.3 is 6.03 Å². The summed E-state index contributed by atoms with van der Waals surface area (Å²) in [6.45, 7) is 3.15. The summed E-state index contributed by atoms with van der Waals surface area (Å²) in [5.41, 5.74) is 1.20. The van der Waals surface area contributed by atoms with Gasteiger partial charge in [0.15, 0.2) is 0 Å². The summed E-state index contributed by atoms with van der Waals surface area (Å²) in [6, 6.07) is 8.68. The van der Waals surface area contributed by atoms with E-state index in [1.807, 2.05) is 13.0 Å². The van der Waals surface area contributed by atoms with E-state index >= 15 is 0 Å². The van der Waals surface area contributed by atoms with Gasteiger partial charge in [0.1, 0.15) is 0 Å². The second kappa shape index (κ2) is 5.98. The first-order valence-electron chi connectivity index (χ1n) is 6.77. The first-order chi connectivity index (χ1) is 10.5. The fourth-order valence-corrected chi connectivity index (χ4v) is 3.16. The molecule has 1 aromatic heterocycles. The number of rotatable bonds is 3. The molecule has 0 radical (unpaired) electrons. The summed E-state index contributed by atoms with van der Waals surface area (Å²) >= 11 is 7.57. The van der Waals surface area contributed by atoms with Crippen molar-refractivity contribution in [2.75, 3.05) is 23.3 Å². The molecule has 22 heavy (non-hydrogen) atoms. The monoisotopic (exact) mass is 335 g/mol. The van der Waals surface area contributed by atoms with Gasteiger partial charge in [-0.1, -0.05) is 11.6 Å². The Morgan fingerprint density at radius 1 is 1.36 bits per heavy atom. The van der Waals surface area contributed by atoms with Gasteiger partial charge in [0.25, 0.3) is 5.91 Å². The fraction of sp³-hybridized carbons (Fsp3) is 0.200. The first-order valence-corrected chi connectivity index (χ1v) is 7.97. The normalized spacial score (nSPS) is 14.1. The summed E-state index contributed by atoms with van der Waals surface area (Å²) in [7, 11) is 0. The Balaban J connectivity index is 1.84. The summed E-state index contributed by atoms with van der Waals surface area (Å²) in [6.07, 6.45) is 0. The maximum atomic E-state index is 12.2. The lowest BCUT2D eigenvalue weighted by molar-refractivity contribution is 0.103. The molecule has 3 amide bonds. The van der Waals surface area contributed by atoms with Crippen LogP contribution in [0.3, 0.4) is 0 Å². The summed E-state index contributed by atoms with van der Waals surface area (Å²) < 4.78 is 0. The molecular weight excluding hydrogens is 322 g/mol. The molecular formula is C15H14ClN3O2S. The van der Waals surface area contributed by atoms with Crippen LogP contribution in [0.15, 0.2) is 30.3 Å². The van der Waals surface area contributed by atoms with E-state index in [2.05, 4.69) is 10.6 Å². The number of nitrogens with one attached hydrogen (secondary N) is 2. The zero-order chi connectivity index (χ0) is 15.7. The van der Waals surface area contributed by atoms with E-state index in [1.165, 1.54) is 11.3 Å². The average Bonchev–Trinajstić information content (AvgIpc) is 3.10. The third-order valence-electron chi connectivity index (χ3n) is 3.33. The van der Waals surface area contributed by atoms with E-state index in [-0.39, 0.29) is 11.9 Å². The molecule has 1 aromatic carbocycles. The van der Waals surface area contributed by atoms with Crippen LogP contribution in [0, 0.1) is 6.92 Å². The molecule has 1 saturated heterocycles. The molecule has 7 heteroatoms. The minimum atomic E-state index is -0.206. The van der Waals surface area contributed by atoms with Crippen molar-refractivity contribution in [1.29, 1.82) is 0 Å². The molecule has 0 atom stereocenters. The lowest BCUT2D eigenvalue weighted by Crippen LogP contribution is -2.27. The molecule has 0 bridgehead atoms. The lowest BCUT2D eigenvalue weighted by Gasteiger charge is -2.16. The van der Waals surface area contributed by atoms with Crippen molar-refractivity contribution in [2.45, 2.75) is 6.92 Å². The highest BCUT2D eigenvalue weighted by atomic mass is 35.5. The Kier molecular flexibility index (Phi) is 4.04. The van der Waals surface area contributed by atoms with Crippen LogP contribution in [0.25, 0.3) is 0 Å².